The van der Waals surface area contributed by atoms with Gasteiger partial charge in [-0.05, 0) is 54.7 Å². The summed E-state index contributed by atoms with van der Waals surface area (Å²) in [4.78, 5) is 32.0. The van der Waals surface area contributed by atoms with Crippen molar-refractivity contribution in [1.29, 1.82) is 0 Å². The summed E-state index contributed by atoms with van der Waals surface area (Å²) in [5.41, 5.74) is 6.03. The van der Waals surface area contributed by atoms with E-state index in [-0.39, 0.29) is 18.5 Å². The molecule has 3 aromatic carbocycles. The maximum Gasteiger partial charge on any atom is 0.322 e. The average molecular weight is 577 g/mol. The van der Waals surface area contributed by atoms with Gasteiger partial charge in [-0.2, -0.15) is 0 Å². The molecule has 1 saturated heterocycles. The fourth-order valence-electron chi connectivity index (χ4n) is 5.07. The highest BCUT2D eigenvalue weighted by molar-refractivity contribution is 5.92. The first-order valence-electron chi connectivity index (χ1n) is 15.0. The molecule has 0 radical (unpaired) electrons. The van der Waals surface area contributed by atoms with Crippen LogP contribution in [-0.4, -0.2) is 71.2 Å². The lowest BCUT2D eigenvalue weighted by molar-refractivity contribution is -0.132. The zero-order valence-electron chi connectivity index (χ0n) is 25.2. The fourth-order valence-corrected chi connectivity index (χ4v) is 5.07. The Kier molecular flexibility index (Phi) is 9.66. The molecular weight excluding hydrogens is 536 g/mol. The standard InChI is InChI=1S/C35H40N6O2/c1-26(2)19-20-41(35(43)36-31-15-9-27(3)10-16-31)25-34(42)40-23-21-39(22-24-40)33-18-17-32(37-38-33)30-13-11-29(12-14-30)28-7-5-4-6-8-28/h4-18,26H,19-25H2,1-3H3,(H,36,43). The van der Waals surface area contributed by atoms with E-state index in [9.17, 15) is 9.59 Å². The van der Waals surface area contributed by atoms with Crippen LogP contribution in [0.2, 0.25) is 0 Å². The third-order valence-electron chi connectivity index (χ3n) is 7.79. The second-order valence-corrected chi connectivity index (χ2v) is 11.5. The number of carbonyl (C=O) groups is 2. The molecule has 4 aromatic rings. The Morgan fingerprint density at radius 2 is 1.44 bits per heavy atom. The molecule has 8 heteroatoms. The average Bonchev–Trinajstić information content (AvgIpc) is 3.04. The summed E-state index contributed by atoms with van der Waals surface area (Å²) >= 11 is 0. The first kappa shape index (κ1) is 29.8. The van der Waals surface area contributed by atoms with Gasteiger partial charge in [0.1, 0.15) is 6.54 Å². The Balaban J connectivity index is 1.15. The van der Waals surface area contributed by atoms with Crippen LogP contribution in [0, 0.1) is 12.8 Å². The molecule has 0 bridgehead atoms. The van der Waals surface area contributed by atoms with Crippen LogP contribution in [0.5, 0.6) is 0 Å². The van der Waals surface area contributed by atoms with Crippen LogP contribution >= 0.6 is 0 Å². The van der Waals surface area contributed by atoms with Crippen LogP contribution in [0.1, 0.15) is 25.8 Å². The van der Waals surface area contributed by atoms with Gasteiger partial charge in [-0.25, -0.2) is 4.79 Å². The van der Waals surface area contributed by atoms with E-state index in [1.165, 1.54) is 5.56 Å². The minimum atomic E-state index is -0.249. The van der Waals surface area contributed by atoms with E-state index in [0.29, 0.717) is 38.6 Å². The number of carbonyl (C=O) groups excluding carboxylic acids is 2. The molecule has 0 spiro atoms. The molecule has 1 aromatic heterocycles. The molecule has 1 aliphatic heterocycles. The van der Waals surface area contributed by atoms with Crippen molar-refractivity contribution in [1.82, 2.24) is 20.0 Å². The number of nitrogens with one attached hydrogen (secondary N) is 1. The van der Waals surface area contributed by atoms with E-state index >= 15 is 0 Å². The number of hydrogen-bond acceptors (Lipinski definition) is 5. The second-order valence-electron chi connectivity index (χ2n) is 11.5. The molecule has 1 N–H and O–H groups in total. The summed E-state index contributed by atoms with van der Waals surface area (Å²) in [6.07, 6.45) is 0.828. The van der Waals surface area contributed by atoms with Crippen molar-refractivity contribution in [3.05, 3.63) is 96.6 Å². The molecule has 43 heavy (non-hydrogen) atoms. The number of rotatable bonds is 9. The maximum atomic E-state index is 13.3. The van der Waals surface area contributed by atoms with Gasteiger partial charge in [0.15, 0.2) is 5.82 Å². The van der Waals surface area contributed by atoms with E-state index < -0.39 is 0 Å². The van der Waals surface area contributed by atoms with Crippen molar-refractivity contribution in [3.8, 4) is 22.4 Å². The molecule has 2 heterocycles. The predicted octanol–water partition coefficient (Wildman–Crippen LogP) is 6.35. The molecular formula is C35H40N6O2. The smallest absolute Gasteiger partial charge is 0.322 e. The fraction of sp³-hybridized carbons (Fsp3) is 0.314. The Morgan fingerprint density at radius 1 is 0.791 bits per heavy atom. The van der Waals surface area contributed by atoms with Gasteiger partial charge in [0.2, 0.25) is 5.91 Å². The van der Waals surface area contributed by atoms with Crippen molar-refractivity contribution in [2.45, 2.75) is 27.2 Å². The highest BCUT2D eigenvalue weighted by Gasteiger charge is 2.25. The van der Waals surface area contributed by atoms with Gasteiger partial charge in [-0.3, -0.25) is 4.79 Å². The number of piperazine rings is 1. The van der Waals surface area contributed by atoms with E-state index in [1.807, 2.05) is 66.4 Å². The lowest BCUT2D eigenvalue weighted by Gasteiger charge is -2.36. The van der Waals surface area contributed by atoms with E-state index in [2.05, 4.69) is 70.7 Å². The molecule has 0 saturated carbocycles. The van der Waals surface area contributed by atoms with Crippen LogP contribution in [0.15, 0.2) is 91.0 Å². The van der Waals surface area contributed by atoms with E-state index in [4.69, 9.17) is 0 Å². The van der Waals surface area contributed by atoms with Gasteiger partial charge in [0.05, 0.1) is 5.69 Å². The van der Waals surface area contributed by atoms with Gasteiger partial charge in [-0.15, -0.1) is 10.2 Å². The quantitative estimate of drug-likeness (QED) is 0.251. The van der Waals surface area contributed by atoms with Gasteiger partial charge >= 0.3 is 6.03 Å². The Bertz CT molecular complexity index is 1480. The number of aryl methyl sites for hydroxylation is 1. The third kappa shape index (κ3) is 7.97. The SMILES string of the molecule is Cc1ccc(NC(=O)N(CCC(C)C)CC(=O)N2CCN(c3ccc(-c4ccc(-c5ccccc5)cc4)nn3)CC2)cc1. The Hall–Kier alpha value is -4.72. The molecule has 0 unspecified atom stereocenters. The number of hydrogen-bond donors (Lipinski definition) is 1. The maximum absolute atomic E-state index is 13.3. The van der Waals surface area contributed by atoms with Crippen molar-refractivity contribution >= 4 is 23.4 Å². The molecule has 0 aliphatic carbocycles. The monoisotopic (exact) mass is 576 g/mol. The summed E-state index contributed by atoms with van der Waals surface area (Å²) in [5, 5.41) is 11.9. The second kappa shape index (κ2) is 14.0. The normalized spacial score (nSPS) is 13.2. The van der Waals surface area contributed by atoms with Crippen LogP contribution in [-0.2, 0) is 4.79 Å². The molecule has 3 amide bonds. The van der Waals surface area contributed by atoms with Crippen LogP contribution in [0.3, 0.4) is 0 Å². The molecule has 1 fully saturated rings. The van der Waals surface area contributed by atoms with Crippen LogP contribution in [0.4, 0.5) is 16.3 Å². The number of amides is 3. The molecule has 0 atom stereocenters. The Labute approximate surface area is 254 Å². The summed E-state index contributed by atoms with van der Waals surface area (Å²) in [7, 11) is 0. The van der Waals surface area contributed by atoms with E-state index in [0.717, 1.165) is 40.3 Å². The van der Waals surface area contributed by atoms with Gasteiger partial charge in [0.25, 0.3) is 0 Å². The van der Waals surface area contributed by atoms with Crippen molar-refractivity contribution in [2.24, 2.45) is 5.92 Å². The summed E-state index contributed by atoms with van der Waals surface area (Å²) in [5.74, 6) is 1.19. The zero-order chi connectivity index (χ0) is 30.2. The molecule has 222 valence electrons. The van der Waals surface area contributed by atoms with Gasteiger partial charge in [0, 0.05) is 44.0 Å². The zero-order valence-corrected chi connectivity index (χ0v) is 25.2. The highest BCUT2D eigenvalue weighted by atomic mass is 16.2. The summed E-state index contributed by atoms with van der Waals surface area (Å²) < 4.78 is 0. The van der Waals surface area contributed by atoms with Crippen LogP contribution in [0.25, 0.3) is 22.4 Å². The number of urea groups is 1. The Morgan fingerprint density at radius 3 is 2.07 bits per heavy atom. The lowest BCUT2D eigenvalue weighted by atomic mass is 10.0. The van der Waals surface area contributed by atoms with Crippen LogP contribution < -0.4 is 10.2 Å². The van der Waals surface area contributed by atoms with Gasteiger partial charge in [-0.1, -0.05) is 86.1 Å². The van der Waals surface area contributed by atoms with E-state index in [1.54, 1.807) is 4.90 Å². The number of benzene rings is 3. The topological polar surface area (TPSA) is 81.7 Å². The molecule has 5 rings (SSSR count). The number of nitrogens with zero attached hydrogens (tertiary/aromatic N) is 5. The summed E-state index contributed by atoms with van der Waals surface area (Å²) in [6, 6.07) is 30.1. The number of anilines is 2. The number of aromatic nitrogens is 2. The van der Waals surface area contributed by atoms with Gasteiger partial charge < -0.3 is 20.0 Å². The minimum Gasteiger partial charge on any atom is -0.352 e. The van der Waals surface area contributed by atoms with Crippen molar-refractivity contribution in [2.75, 3.05) is 49.5 Å². The summed E-state index contributed by atoms with van der Waals surface area (Å²) in [6.45, 7) is 9.29. The third-order valence-corrected chi connectivity index (χ3v) is 7.79. The largest absolute Gasteiger partial charge is 0.352 e. The minimum absolute atomic E-state index is 0.0390. The lowest BCUT2D eigenvalue weighted by Crippen LogP contribution is -2.52. The van der Waals surface area contributed by atoms with Crippen molar-refractivity contribution < 1.29 is 9.59 Å². The first-order valence-corrected chi connectivity index (χ1v) is 15.0. The predicted molar refractivity (Wildman–Crippen MR) is 173 cm³/mol. The highest BCUT2D eigenvalue weighted by Crippen LogP contribution is 2.24. The molecule has 1 aliphatic rings. The molecule has 8 nitrogen and oxygen atoms in total. The first-order chi connectivity index (χ1) is 20.9. The van der Waals surface area contributed by atoms with Crippen molar-refractivity contribution in [3.63, 3.8) is 0 Å².